The molecule has 0 saturated heterocycles. The molecule has 0 spiro atoms. The SMILES string of the molecule is COc1cc(C)c(N)cc1C=O. The van der Waals surface area contributed by atoms with E-state index in [1.807, 2.05) is 6.92 Å². The fourth-order valence-electron chi connectivity index (χ4n) is 0.985. The molecule has 0 aromatic heterocycles. The number of ether oxygens (including phenoxy) is 1. The maximum atomic E-state index is 10.5. The number of benzene rings is 1. The van der Waals surface area contributed by atoms with E-state index in [0.29, 0.717) is 17.0 Å². The maximum absolute atomic E-state index is 10.5. The zero-order valence-electron chi connectivity index (χ0n) is 7.13. The van der Waals surface area contributed by atoms with Gasteiger partial charge in [-0.2, -0.15) is 0 Å². The summed E-state index contributed by atoms with van der Waals surface area (Å²) < 4.78 is 4.99. The molecule has 1 rings (SSSR count). The highest BCUT2D eigenvalue weighted by atomic mass is 16.5. The van der Waals surface area contributed by atoms with Crippen LogP contribution in [0.4, 0.5) is 5.69 Å². The molecular formula is C9H11NO2. The summed E-state index contributed by atoms with van der Waals surface area (Å²) in [5.41, 5.74) is 7.62. The lowest BCUT2D eigenvalue weighted by Crippen LogP contribution is -1.96. The molecule has 0 saturated carbocycles. The number of carbonyl (C=O) groups is 1. The van der Waals surface area contributed by atoms with E-state index in [-0.39, 0.29) is 0 Å². The van der Waals surface area contributed by atoms with Crippen LogP contribution in [0.3, 0.4) is 0 Å². The molecule has 0 amide bonds. The molecule has 64 valence electrons. The predicted octanol–water partition coefficient (Wildman–Crippen LogP) is 1.40. The minimum absolute atomic E-state index is 0.487. The molecule has 0 bridgehead atoms. The second-order valence-electron chi connectivity index (χ2n) is 2.57. The number of nitrogen functional groups attached to an aromatic ring is 1. The summed E-state index contributed by atoms with van der Waals surface area (Å²) in [6.45, 7) is 1.87. The monoisotopic (exact) mass is 165 g/mol. The minimum atomic E-state index is 0.487. The van der Waals surface area contributed by atoms with Gasteiger partial charge in [-0.1, -0.05) is 0 Å². The van der Waals surface area contributed by atoms with Crippen LogP contribution in [0.15, 0.2) is 12.1 Å². The number of methoxy groups -OCH3 is 1. The van der Waals surface area contributed by atoms with Crippen molar-refractivity contribution in [2.45, 2.75) is 6.92 Å². The van der Waals surface area contributed by atoms with Crippen molar-refractivity contribution in [1.82, 2.24) is 0 Å². The first-order valence-electron chi connectivity index (χ1n) is 3.58. The molecule has 0 atom stereocenters. The van der Waals surface area contributed by atoms with Gasteiger partial charge in [-0.3, -0.25) is 4.79 Å². The van der Waals surface area contributed by atoms with Crippen LogP contribution in [0, 0.1) is 6.92 Å². The molecule has 0 aliphatic rings. The predicted molar refractivity (Wildman–Crippen MR) is 47.5 cm³/mol. The van der Waals surface area contributed by atoms with Crippen LogP contribution in [-0.4, -0.2) is 13.4 Å². The van der Waals surface area contributed by atoms with Crippen molar-refractivity contribution < 1.29 is 9.53 Å². The first kappa shape index (κ1) is 8.59. The first-order valence-corrected chi connectivity index (χ1v) is 3.58. The van der Waals surface area contributed by atoms with Crippen molar-refractivity contribution in [3.05, 3.63) is 23.3 Å². The highest BCUT2D eigenvalue weighted by molar-refractivity contribution is 5.82. The summed E-state index contributed by atoms with van der Waals surface area (Å²) in [4.78, 5) is 10.5. The molecule has 1 aromatic rings. The second kappa shape index (κ2) is 3.26. The summed E-state index contributed by atoms with van der Waals surface area (Å²) >= 11 is 0. The Morgan fingerprint density at radius 2 is 2.17 bits per heavy atom. The van der Waals surface area contributed by atoms with Gasteiger partial charge in [-0.05, 0) is 24.6 Å². The third-order valence-corrected chi connectivity index (χ3v) is 1.75. The van der Waals surface area contributed by atoms with Gasteiger partial charge in [0.05, 0.1) is 12.7 Å². The zero-order valence-corrected chi connectivity index (χ0v) is 7.13. The normalized spacial score (nSPS) is 9.50. The zero-order chi connectivity index (χ0) is 9.14. The lowest BCUT2D eigenvalue weighted by Gasteiger charge is -2.06. The topological polar surface area (TPSA) is 52.3 Å². The number of anilines is 1. The van der Waals surface area contributed by atoms with Crippen molar-refractivity contribution in [3.8, 4) is 5.75 Å². The van der Waals surface area contributed by atoms with Gasteiger partial charge < -0.3 is 10.5 Å². The highest BCUT2D eigenvalue weighted by Gasteiger charge is 2.04. The molecule has 0 heterocycles. The van der Waals surface area contributed by atoms with E-state index in [9.17, 15) is 4.79 Å². The molecule has 3 heteroatoms. The summed E-state index contributed by atoms with van der Waals surface area (Å²) in [6.07, 6.45) is 0.731. The van der Waals surface area contributed by atoms with Gasteiger partial charge in [-0.25, -0.2) is 0 Å². The summed E-state index contributed by atoms with van der Waals surface area (Å²) in [5.74, 6) is 0.566. The molecule has 0 unspecified atom stereocenters. The van der Waals surface area contributed by atoms with Gasteiger partial charge >= 0.3 is 0 Å². The van der Waals surface area contributed by atoms with Crippen LogP contribution >= 0.6 is 0 Å². The molecule has 3 nitrogen and oxygen atoms in total. The standard InChI is InChI=1S/C9H11NO2/c1-6-3-9(12-2)7(5-11)4-8(6)10/h3-5H,10H2,1-2H3. The maximum Gasteiger partial charge on any atom is 0.153 e. The smallest absolute Gasteiger partial charge is 0.153 e. The fourth-order valence-corrected chi connectivity index (χ4v) is 0.985. The van der Waals surface area contributed by atoms with E-state index in [1.165, 1.54) is 7.11 Å². The Kier molecular flexibility index (Phi) is 2.33. The molecule has 0 radical (unpaired) electrons. The van der Waals surface area contributed by atoms with E-state index < -0.39 is 0 Å². The molecule has 2 N–H and O–H groups in total. The Morgan fingerprint density at radius 1 is 1.50 bits per heavy atom. The molecule has 0 aliphatic carbocycles. The Hall–Kier alpha value is -1.51. The van der Waals surface area contributed by atoms with Crippen molar-refractivity contribution in [2.24, 2.45) is 0 Å². The van der Waals surface area contributed by atoms with Crippen LogP contribution in [0.25, 0.3) is 0 Å². The van der Waals surface area contributed by atoms with Crippen LogP contribution < -0.4 is 10.5 Å². The third-order valence-electron chi connectivity index (χ3n) is 1.75. The van der Waals surface area contributed by atoms with Crippen molar-refractivity contribution >= 4 is 12.0 Å². The van der Waals surface area contributed by atoms with E-state index in [1.54, 1.807) is 12.1 Å². The number of hydrogen-bond acceptors (Lipinski definition) is 3. The van der Waals surface area contributed by atoms with Crippen molar-refractivity contribution in [1.29, 1.82) is 0 Å². The lowest BCUT2D eigenvalue weighted by atomic mass is 10.1. The average Bonchev–Trinajstić information content (AvgIpc) is 2.09. The van der Waals surface area contributed by atoms with Crippen LogP contribution in [0.5, 0.6) is 5.75 Å². The number of nitrogens with two attached hydrogens (primary N) is 1. The molecule has 0 aliphatic heterocycles. The fraction of sp³-hybridized carbons (Fsp3) is 0.222. The van der Waals surface area contributed by atoms with Crippen molar-refractivity contribution in [2.75, 3.05) is 12.8 Å². The Morgan fingerprint density at radius 3 is 2.67 bits per heavy atom. The Balaban J connectivity index is 3.28. The van der Waals surface area contributed by atoms with Crippen molar-refractivity contribution in [3.63, 3.8) is 0 Å². The first-order chi connectivity index (χ1) is 5.69. The summed E-state index contributed by atoms with van der Waals surface area (Å²) in [7, 11) is 1.53. The summed E-state index contributed by atoms with van der Waals surface area (Å²) in [6, 6.07) is 3.36. The number of aryl methyl sites for hydroxylation is 1. The quantitative estimate of drug-likeness (QED) is 0.532. The van der Waals surface area contributed by atoms with Crippen LogP contribution in [0.1, 0.15) is 15.9 Å². The van der Waals surface area contributed by atoms with Gasteiger partial charge in [0.1, 0.15) is 5.75 Å². The minimum Gasteiger partial charge on any atom is -0.496 e. The van der Waals surface area contributed by atoms with E-state index in [4.69, 9.17) is 10.5 Å². The van der Waals surface area contributed by atoms with E-state index in [0.717, 1.165) is 11.8 Å². The van der Waals surface area contributed by atoms with Crippen LogP contribution in [-0.2, 0) is 0 Å². The highest BCUT2D eigenvalue weighted by Crippen LogP contribution is 2.22. The molecule has 0 fully saturated rings. The Labute approximate surface area is 71.1 Å². The van der Waals surface area contributed by atoms with Gasteiger partial charge in [0.15, 0.2) is 6.29 Å². The number of rotatable bonds is 2. The number of carbonyl (C=O) groups excluding carboxylic acids is 1. The van der Waals surface area contributed by atoms with Gasteiger partial charge in [-0.15, -0.1) is 0 Å². The third kappa shape index (κ3) is 1.39. The van der Waals surface area contributed by atoms with E-state index >= 15 is 0 Å². The van der Waals surface area contributed by atoms with E-state index in [2.05, 4.69) is 0 Å². The number of hydrogen-bond donors (Lipinski definition) is 1. The number of aldehydes is 1. The lowest BCUT2D eigenvalue weighted by molar-refractivity contribution is 0.112. The molecule has 1 aromatic carbocycles. The summed E-state index contributed by atoms with van der Waals surface area (Å²) in [5, 5.41) is 0. The molecular weight excluding hydrogens is 154 g/mol. The Bertz CT molecular complexity index is 308. The van der Waals surface area contributed by atoms with Crippen LogP contribution in [0.2, 0.25) is 0 Å². The van der Waals surface area contributed by atoms with Gasteiger partial charge in [0.25, 0.3) is 0 Å². The molecule has 12 heavy (non-hydrogen) atoms. The second-order valence-corrected chi connectivity index (χ2v) is 2.57. The van der Waals surface area contributed by atoms with Gasteiger partial charge in [0.2, 0.25) is 0 Å². The largest absolute Gasteiger partial charge is 0.496 e. The van der Waals surface area contributed by atoms with Gasteiger partial charge in [0, 0.05) is 5.69 Å². The average molecular weight is 165 g/mol.